The van der Waals surface area contributed by atoms with Gasteiger partial charge in [0.25, 0.3) is 0 Å². The Kier molecular flexibility index (Phi) is 3.68. The number of rotatable bonds is 4. The van der Waals surface area contributed by atoms with E-state index in [-0.39, 0.29) is 0 Å². The van der Waals surface area contributed by atoms with E-state index < -0.39 is 0 Å². The molecule has 2 aliphatic rings. The Morgan fingerprint density at radius 2 is 2.17 bits per heavy atom. The fourth-order valence-electron chi connectivity index (χ4n) is 3.60. The molecule has 2 fully saturated rings. The van der Waals surface area contributed by atoms with Crippen LogP contribution in [0.2, 0.25) is 0 Å². The normalized spacial score (nSPS) is 33.8. The monoisotopic (exact) mass is 265 g/mol. The molecule has 1 aromatic rings. The molecular weight excluding hydrogens is 242 g/mol. The molecule has 1 aromatic heterocycles. The van der Waals surface area contributed by atoms with E-state index in [0.717, 1.165) is 18.5 Å². The van der Waals surface area contributed by atoms with Gasteiger partial charge in [0, 0.05) is 29.7 Å². The molecule has 100 valence electrons. The number of aromatic nitrogens is 1. The topological polar surface area (TPSA) is 28.2 Å². The summed E-state index contributed by atoms with van der Waals surface area (Å²) in [6, 6.07) is 2.77. The smallest absolute Gasteiger partial charge is 0.109 e. The van der Waals surface area contributed by atoms with Crippen LogP contribution < -0.4 is 5.32 Å². The average molecular weight is 265 g/mol. The van der Waals surface area contributed by atoms with Gasteiger partial charge < -0.3 is 10.2 Å². The maximum atomic E-state index is 4.47. The molecular formula is C14H23N3S. The Hall–Kier alpha value is -0.450. The third kappa shape index (κ3) is 2.33. The largest absolute Gasteiger partial charge is 0.305 e. The zero-order valence-corrected chi connectivity index (χ0v) is 12.1. The van der Waals surface area contributed by atoms with E-state index in [0.29, 0.717) is 12.1 Å². The SMILES string of the molecule is CCC(NC1CC2CCC(C1)N2C)c1nccs1. The van der Waals surface area contributed by atoms with E-state index in [1.54, 1.807) is 11.3 Å². The van der Waals surface area contributed by atoms with Crippen molar-refractivity contribution in [2.75, 3.05) is 7.05 Å². The predicted octanol–water partition coefficient (Wildman–Crippen LogP) is 2.81. The summed E-state index contributed by atoms with van der Waals surface area (Å²) in [4.78, 5) is 7.07. The van der Waals surface area contributed by atoms with Crippen LogP contribution in [0.4, 0.5) is 0 Å². The maximum absolute atomic E-state index is 4.47. The third-order valence-corrected chi connectivity index (χ3v) is 5.58. The predicted molar refractivity (Wildman–Crippen MR) is 75.9 cm³/mol. The Balaban J connectivity index is 1.63. The Morgan fingerprint density at radius 1 is 1.44 bits per heavy atom. The van der Waals surface area contributed by atoms with Crippen molar-refractivity contribution in [2.24, 2.45) is 0 Å². The van der Waals surface area contributed by atoms with E-state index in [1.165, 1.54) is 30.7 Å². The van der Waals surface area contributed by atoms with Crippen LogP contribution in [0, 0.1) is 0 Å². The van der Waals surface area contributed by atoms with Crippen molar-refractivity contribution in [3.63, 3.8) is 0 Å². The Bertz CT molecular complexity index is 364. The van der Waals surface area contributed by atoms with Crippen LogP contribution in [0.3, 0.4) is 0 Å². The molecule has 3 rings (SSSR count). The molecule has 3 nitrogen and oxygen atoms in total. The molecule has 0 aliphatic carbocycles. The highest BCUT2D eigenvalue weighted by Crippen LogP contribution is 2.35. The van der Waals surface area contributed by atoms with Gasteiger partial charge >= 0.3 is 0 Å². The van der Waals surface area contributed by atoms with Crippen LogP contribution in [-0.2, 0) is 0 Å². The van der Waals surface area contributed by atoms with Crippen molar-refractivity contribution in [2.45, 2.75) is 63.2 Å². The molecule has 3 unspecified atom stereocenters. The lowest BCUT2D eigenvalue weighted by Gasteiger charge is -2.38. The van der Waals surface area contributed by atoms with Crippen molar-refractivity contribution < 1.29 is 0 Å². The zero-order chi connectivity index (χ0) is 12.5. The van der Waals surface area contributed by atoms with Gasteiger partial charge in [-0.3, -0.25) is 0 Å². The van der Waals surface area contributed by atoms with Gasteiger partial charge in [0.2, 0.25) is 0 Å². The molecule has 3 atom stereocenters. The summed E-state index contributed by atoms with van der Waals surface area (Å²) in [5, 5.41) is 7.19. The summed E-state index contributed by atoms with van der Waals surface area (Å²) in [5.74, 6) is 0. The molecule has 0 aromatic carbocycles. The minimum atomic E-state index is 0.456. The van der Waals surface area contributed by atoms with Crippen molar-refractivity contribution >= 4 is 11.3 Å². The summed E-state index contributed by atoms with van der Waals surface area (Å²) in [6.07, 6.45) is 8.47. The van der Waals surface area contributed by atoms with Crippen LogP contribution in [-0.4, -0.2) is 35.1 Å². The van der Waals surface area contributed by atoms with Crippen LogP contribution in [0.5, 0.6) is 0 Å². The minimum absolute atomic E-state index is 0.456. The molecule has 2 bridgehead atoms. The highest BCUT2D eigenvalue weighted by molar-refractivity contribution is 7.09. The molecule has 0 spiro atoms. The fourth-order valence-corrected chi connectivity index (χ4v) is 4.38. The molecule has 0 radical (unpaired) electrons. The Labute approximate surface area is 114 Å². The zero-order valence-electron chi connectivity index (χ0n) is 11.3. The number of hydrogen-bond donors (Lipinski definition) is 1. The number of nitrogens with one attached hydrogen (secondary N) is 1. The summed E-state index contributed by atoms with van der Waals surface area (Å²) in [7, 11) is 2.30. The van der Waals surface area contributed by atoms with Gasteiger partial charge in [-0.05, 0) is 39.2 Å². The van der Waals surface area contributed by atoms with Crippen LogP contribution in [0.1, 0.15) is 50.1 Å². The fraction of sp³-hybridized carbons (Fsp3) is 0.786. The third-order valence-electron chi connectivity index (χ3n) is 4.69. The number of piperidine rings is 1. The number of nitrogens with zero attached hydrogens (tertiary/aromatic N) is 2. The maximum Gasteiger partial charge on any atom is 0.109 e. The van der Waals surface area contributed by atoms with Gasteiger partial charge in [-0.1, -0.05) is 6.92 Å². The second-order valence-electron chi connectivity index (χ2n) is 5.72. The molecule has 1 N–H and O–H groups in total. The first kappa shape index (κ1) is 12.6. The van der Waals surface area contributed by atoms with Gasteiger partial charge in [0.15, 0.2) is 0 Å². The van der Waals surface area contributed by atoms with Crippen LogP contribution in [0.25, 0.3) is 0 Å². The highest BCUT2D eigenvalue weighted by atomic mass is 32.1. The van der Waals surface area contributed by atoms with Gasteiger partial charge in [-0.15, -0.1) is 11.3 Å². The average Bonchev–Trinajstić information content (AvgIpc) is 2.95. The second kappa shape index (κ2) is 5.27. The summed E-state index contributed by atoms with van der Waals surface area (Å²) in [6.45, 7) is 2.25. The van der Waals surface area contributed by atoms with E-state index >= 15 is 0 Å². The number of thiazole rings is 1. The van der Waals surface area contributed by atoms with E-state index in [4.69, 9.17) is 0 Å². The van der Waals surface area contributed by atoms with Crippen molar-refractivity contribution in [1.29, 1.82) is 0 Å². The first-order chi connectivity index (χ1) is 8.78. The molecule has 2 saturated heterocycles. The van der Waals surface area contributed by atoms with Crippen LogP contribution in [0.15, 0.2) is 11.6 Å². The van der Waals surface area contributed by atoms with Gasteiger partial charge in [0.1, 0.15) is 5.01 Å². The van der Waals surface area contributed by atoms with Gasteiger partial charge in [-0.2, -0.15) is 0 Å². The van der Waals surface area contributed by atoms with Crippen molar-refractivity contribution in [3.8, 4) is 0 Å². The van der Waals surface area contributed by atoms with Gasteiger partial charge in [-0.25, -0.2) is 4.98 Å². The molecule has 18 heavy (non-hydrogen) atoms. The quantitative estimate of drug-likeness (QED) is 0.907. The molecule has 2 aliphatic heterocycles. The molecule has 4 heteroatoms. The lowest BCUT2D eigenvalue weighted by molar-refractivity contribution is 0.142. The second-order valence-corrected chi connectivity index (χ2v) is 6.64. The van der Waals surface area contributed by atoms with Crippen molar-refractivity contribution in [1.82, 2.24) is 15.2 Å². The lowest BCUT2D eigenvalue weighted by atomic mass is 9.97. The number of fused-ring (bicyclic) bond motifs is 2. The first-order valence-corrected chi connectivity index (χ1v) is 8.03. The van der Waals surface area contributed by atoms with E-state index in [9.17, 15) is 0 Å². The van der Waals surface area contributed by atoms with Gasteiger partial charge in [0.05, 0.1) is 6.04 Å². The summed E-state index contributed by atoms with van der Waals surface area (Å²) in [5.41, 5.74) is 0. The molecule has 3 heterocycles. The number of hydrogen-bond acceptors (Lipinski definition) is 4. The van der Waals surface area contributed by atoms with E-state index in [2.05, 4.69) is 34.6 Å². The highest BCUT2D eigenvalue weighted by Gasteiger charge is 2.38. The summed E-state index contributed by atoms with van der Waals surface area (Å²) >= 11 is 1.78. The summed E-state index contributed by atoms with van der Waals surface area (Å²) < 4.78 is 0. The molecule has 0 amide bonds. The van der Waals surface area contributed by atoms with Crippen molar-refractivity contribution in [3.05, 3.63) is 16.6 Å². The standard InChI is InChI=1S/C14H23N3S/c1-3-13(14-15-6-7-18-14)16-10-8-11-4-5-12(9-10)17(11)2/h6-7,10-13,16H,3-5,8-9H2,1-2H3. The first-order valence-electron chi connectivity index (χ1n) is 7.15. The lowest BCUT2D eigenvalue weighted by Crippen LogP contribution is -2.47. The minimum Gasteiger partial charge on any atom is -0.305 e. The Morgan fingerprint density at radius 3 is 2.72 bits per heavy atom. The van der Waals surface area contributed by atoms with E-state index in [1.807, 2.05) is 6.20 Å². The van der Waals surface area contributed by atoms with Crippen LogP contribution >= 0.6 is 11.3 Å². The molecule has 0 saturated carbocycles.